The van der Waals surface area contributed by atoms with Gasteiger partial charge in [-0.05, 0) is 6.42 Å². The maximum absolute atomic E-state index is 11.6. The fourth-order valence-corrected chi connectivity index (χ4v) is 1.05. The minimum Gasteiger partial charge on any atom is -0.358 e. The second kappa shape index (κ2) is 6.23. The monoisotopic (exact) mass is 201 g/mol. The first-order valence-electron chi connectivity index (χ1n) is 4.69. The number of urea groups is 1. The van der Waals surface area contributed by atoms with Crippen molar-refractivity contribution < 1.29 is 9.59 Å². The second-order valence-corrected chi connectivity index (χ2v) is 3.27. The molecule has 0 spiro atoms. The van der Waals surface area contributed by atoms with Crippen LogP contribution in [0.25, 0.3) is 0 Å². The third-order valence-electron chi connectivity index (χ3n) is 1.76. The van der Waals surface area contributed by atoms with Crippen LogP contribution in [0.5, 0.6) is 0 Å². The number of carbonyl (C=O) groups is 2. The molecule has 0 saturated heterocycles. The lowest BCUT2D eigenvalue weighted by Crippen LogP contribution is -2.44. The summed E-state index contributed by atoms with van der Waals surface area (Å²) in [7, 11) is 4.91. The Morgan fingerprint density at radius 2 is 1.86 bits per heavy atom. The molecule has 0 heterocycles. The van der Waals surface area contributed by atoms with E-state index in [1.807, 2.05) is 6.92 Å². The van der Waals surface area contributed by atoms with Gasteiger partial charge in [-0.1, -0.05) is 6.92 Å². The first-order chi connectivity index (χ1) is 6.52. The highest BCUT2D eigenvalue weighted by Gasteiger charge is 2.16. The summed E-state index contributed by atoms with van der Waals surface area (Å²) in [5, 5.41) is 2.50. The number of carbonyl (C=O) groups excluding carboxylic acids is 2. The zero-order valence-corrected chi connectivity index (χ0v) is 9.33. The minimum atomic E-state index is -0.145. The third kappa shape index (κ3) is 4.11. The molecule has 0 saturated carbocycles. The zero-order valence-electron chi connectivity index (χ0n) is 9.33. The van der Waals surface area contributed by atoms with Gasteiger partial charge in [-0.3, -0.25) is 4.79 Å². The summed E-state index contributed by atoms with van der Waals surface area (Å²) in [5.74, 6) is -0.145. The van der Waals surface area contributed by atoms with Crippen LogP contribution >= 0.6 is 0 Å². The Hall–Kier alpha value is -1.26. The number of hydrogen-bond acceptors (Lipinski definition) is 2. The van der Waals surface area contributed by atoms with Gasteiger partial charge in [0.2, 0.25) is 5.91 Å². The molecule has 0 fully saturated rings. The number of nitrogens with zero attached hydrogens (tertiary/aromatic N) is 2. The Kier molecular flexibility index (Phi) is 5.67. The lowest BCUT2D eigenvalue weighted by atomic mass is 10.4. The fourth-order valence-electron chi connectivity index (χ4n) is 1.05. The fraction of sp³-hybridized carbons (Fsp3) is 0.778. The van der Waals surface area contributed by atoms with Gasteiger partial charge >= 0.3 is 6.03 Å². The van der Waals surface area contributed by atoms with Crippen LogP contribution in [0.2, 0.25) is 0 Å². The molecule has 0 aliphatic rings. The number of nitrogens with one attached hydrogen (secondary N) is 1. The largest absolute Gasteiger partial charge is 0.358 e. The molecule has 5 heteroatoms. The molecular formula is C9H19N3O2. The van der Waals surface area contributed by atoms with Crippen molar-refractivity contribution in [3.05, 3.63) is 0 Å². The SMILES string of the molecule is CCCN(CC(=O)NC)C(=O)N(C)C. The van der Waals surface area contributed by atoms with Crippen LogP contribution in [0, 0.1) is 0 Å². The first-order valence-corrected chi connectivity index (χ1v) is 4.69. The third-order valence-corrected chi connectivity index (χ3v) is 1.76. The van der Waals surface area contributed by atoms with Crippen molar-refractivity contribution in [3.63, 3.8) is 0 Å². The highest BCUT2D eigenvalue weighted by Crippen LogP contribution is 1.96. The van der Waals surface area contributed by atoms with Crippen LogP contribution in [0.15, 0.2) is 0 Å². The summed E-state index contributed by atoms with van der Waals surface area (Å²) in [6.07, 6.45) is 0.844. The van der Waals surface area contributed by atoms with Crippen molar-refractivity contribution in [2.24, 2.45) is 0 Å². The van der Waals surface area contributed by atoms with Crippen LogP contribution in [0.1, 0.15) is 13.3 Å². The quantitative estimate of drug-likeness (QED) is 0.702. The molecule has 0 atom stereocenters. The van der Waals surface area contributed by atoms with E-state index < -0.39 is 0 Å². The van der Waals surface area contributed by atoms with E-state index in [-0.39, 0.29) is 18.5 Å². The molecule has 1 N–H and O–H groups in total. The molecule has 0 aliphatic carbocycles. The van der Waals surface area contributed by atoms with Crippen molar-refractivity contribution in [1.82, 2.24) is 15.1 Å². The number of likely N-dealkylation sites (N-methyl/N-ethyl adjacent to an activating group) is 1. The van der Waals surface area contributed by atoms with Gasteiger partial charge in [0.1, 0.15) is 6.54 Å². The topological polar surface area (TPSA) is 52.7 Å². The second-order valence-electron chi connectivity index (χ2n) is 3.27. The zero-order chi connectivity index (χ0) is 11.1. The van der Waals surface area contributed by atoms with Gasteiger partial charge < -0.3 is 15.1 Å². The molecule has 14 heavy (non-hydrogen) atoms. The predicted octanol–water partition coefficient (Wildman–Crippen LogP) is 0.126. The molecule has 82 valence electrons. The molecule has 3 amide bonds. The van der Waals surface area contributed by atoms with E-state index >= 15 is 0 Å². The average molecular weight is 201 g/mol. The van der Waals surface area contributed by atoms with E-state index in [2.05, 4.69) is 5.32 Å². The van der Waals surface area contributed by atoms with Gasteiger partial charge in [0, 0.05) is 27.7 Å². The maximum atomic E-state index is 11.6. The Morgan fingerprint density at radius 3 is 2.21 bits per heavy atom. The van der Waals surface area contributed by atoms with E-state index in [1.165, 1.54) is 9.80 Å². The molecular weight excluding hydrogens is 182 g/mol. The van der Waals surface area contributed by atoms with E-state index in [4.69, 9.17) is 0 Å². The van der Waals surface area contributed by atoms with Gasteiger partial charge in [-0.15, -0.1) is 0 Å². The average Bonchev–Trinajstić information content (AvgIpc) is 2.15. The molecule has 0 aromatic carbocycles. The standard InChI is InChI=1S/C9H19N3O2/c1-5-6-12(7-8(13)10-2)9(14)11(3)4/h5-7H2,1-4H3,(H,10,13). The van der Waals surface area contributed by atoms with Crippen LogP contribution in [0.4, 0.5) is 4.79 Å². The van der Waals surface area contributed by atoms with Gasteiger partial charge in [0.15, 0.2) is 0 Å². The van der Waals surface area contributed by atoms with E-state index in [9.17, 15) is 9.59 Å². The van der Waals surface area contributed by atoms with Gasteiger partial charge in [-0.2, -0.15) is 0 Å². The highest BCUT2D eigenvalue weighted by atomic mass is 16.2. The normalized spacial score (nSPS) is 9.43. The lowest BCUT2D eigenvalue weighted by molar-refractivity contribution is -0.121. The molecule has 0 bridgehead atoms. The van der Waals surface area contributed by atoms with Crippen LogP contribution < -0.4 is 5.32 Å². The Morgan fingerprint density at radius 1 is 1.29 bits per heavy atom. The highest BCUT2D eigenvalue weighted by molar-refractivity contribution is 5.83. The van der Waals surface area contributed by atoms with Crippen molar-refractivity contribution in [2.75, 3.05) is 34.2 Å². The summed E-state index contributed by atoms with van der Waals surface area (Å²) < 4.78 is 0. The number of rotatable bonds is 4. The number of amides is 3. The molecule has 0 unspecified atom stereocenters. The van der Waals surface area contributed by atoms with Crippen molar-refractivity contribution >= 4 is 11.9 Å². The molecule has 0 rings (SSSR count). The van der Waals surface area contributed by atoms with Crippen LogP contribution in [-0.4, -0.2) is 56.0 Å². The Labute approximate surface area is 85.1 Å². The van der Waals surface area contributed by atoms with Crippen molar-refractivity contribution in [1.29, 1.82) is 0 Å². The summed E-state index contributed by atoms with van der Waals surface area (Å²) in [6.45, 7) is 2.70. The molecule has 0 aromatic heterocycles. The van der Waals surface area contributed by atoms with Gasteiger partial charge in [-0.25, -0.2) is 4.79 Å². The lowest BCUT2D eigenvalue weighted by Gasteiger charge is -2.24. The van der Waals surface area contributed by atoms with E-state index in [0.717, 1.165) is 6.42 Å². The summed E-state index contributed by atoms with van der Waals surface area (Å²) in [4.78, 5) is 25.7. The maximum Gasteiger partial charge on any atom is 0.319 e. The summed E-state index contributed by atoms with van der Waals surface area (Å²) in [5.41, 5.74) is 0. The first kappa shape index (κ1) is 12.7. The molecule has 0 aromatic rings. The molecule has 5 nitrogen and oxygen atoms in total. The van der Waals surface area contributed by atoms with E-state index in [0.29, 0.717) is 6.54 Å². The van der Waals surface area contributed by atoms with E-state index in [1.54, 1.807) is 21.1 Å². The smallest absolute Gasteiger partial charge is 0.319 e. The Balaban J connectivity index is 4.28. The number of hydrogen-bond donors (Lipinski definition) is 1. The molecule has 0 aliphatic heterocycles. The summed E-state index contributed by atoms with van der Waals surface area (Å²) >= 11 is 0. The van der Waals surface area contributed by atoms with Crippen molar-refractivity contribution in [2.45, 2.75) is 13.3 Å². The van der Waals surface area contributed by atoms with Gasteiger partial charge in [0.05, 0.1) is 0 Å². The Bertz CT molecular complexity index is 204. The van der Waals surface area contributed by atoms with Crippen LogP contribution in [-0.2, 0) is 4.79 Å². The predicted molar refractivity (Wildman–Crippen MR) is 55.0 cm³/mol. The minimum absolute atomic E-state index is 0.126. The van der Waals surface area contributed by atoms with Crippen molar-refractivity contribution in [3.8, 4) is 0 Å². The van der Waals surface area contributed by atoms with Gasteiger partial charge in [0.25, 0.3) is 0 Å². The van der Waals surface area contributed by atoms with Crippen LogP contribution in [0.3, 0.4) is 0 Å². The molecule has 0 radical (unpaired) electrons. The summed E-state index contributed by atoms with van der Waals surface area (Å²) in [6, 6.07) is -0.129.